The van der Waals surface area contributed by atoms with Crippen molar-refractivity contribution in [3.8, 4) is 0 Å². The maximum absolute atomic E-state index is 6.05. The summed E-state index contributed by atoms with van der Waals surface area (Å²) in [5.74, 6) is 2.39. The van der Waals surface area contributed by atoms with Crippen LogP contribution in [0.2, 0.25) is 5.15 Å². The molecule has 0 atom stereocenters. The van der Waals surface area contributed by atoms with E-state index in [-0.39, 0.29) is 5.41 Å². The lowest BCUT2D eigenvalue weighted by atomic mass is 9.96. The summed E-state index contributed by atoms with van der Waals surface area (Å²) in [6.45, 7) is 11.7. The van der Waals surface area contributed by atoms with Gasteiger partial charge in [0.1, 0.15) is 16.8 Å². The van der Waals surface area contributed by atoms with E-state index < -0.39 is 0 Å². The standard InChI is InChI=1S/C15H26ClN3/c1-11(2)8-6-7-9-17-13-10-12(16)18-14(19-13)15(3,4)5/h10-11H,6-9H2,1-5H3,(H,17,18,19). The fourth-order valence-corrected chi connectivity index (χ4v) is 1.92. The normalized spacial score (nSPS) is 11.9. The number of nitrogens with one attached hydrogen (secondary N) is 1. The average molecular weight is 284 g/mol. The molecule has 0 spiro atoms. The van der Waals surface area contributed by atoms with Gasteiger partial charge in [-0.15, -0.1) is 0 Å². The first-order valence-corrected chi connectivity index (χ1v) is 7.46. The van der Waals surface area contributed by atoms with E-state index in [9.17, 15) is 0 Å². The lowest BCUT2D eigenvalue weighted by Crippen LogP contribution is -2.17. The Bertz CT molecular complexity index is 397. The van der Waals surface area contributed by atoms with Crippen molar-refractivity contribution in [2.45, 2.75) is 59.3 Å². The Morgan fingerprint density at radius 1 is 1.21 bits per heavy atom. The highest BCUT2D eigenvalue weighted by Crippen LogP contribution is 2.22. The highest BCUT2D eigenvalue weighted by Gasteiger charge is 2.18. The molecule has 0 aliphatic carbocycles. The molecular formula is C15H26ClN3. The highest BCUT2D eigenvalue weighted by molar-refractivity contribution is 6.29. The van der Waals surface area contributed by atoms with Gasteiger partial charge in [-0.3, -0.25) is 0 Å². The fourth-order valence-electron chi connectivity index (χ4n) is 1.74. The molecule has 0 saturated heterocycles. The van der Waals surface area contributed by atoms with Crippen LogP contribution in [-0.4, -0.2) is 16.5 Å². The number of hydrogen-bond donors (Lipinski definition) is 1. The summed E-state index contributed by atoms with van der Waals surface area (Å²) in [6, 6.07) is 1.79. The second-order valence-corrected chi connectivity index (χ2v) is 6.85. The van der Waals surface area contributed by atoms with Crippen molar-refractivity contribution >= 4 is 17.4 Å². The van der Waals surface area contributed by atoms with E-state index in [1.165, 1.54) is 12.8 Å². The van der Waals surface area contributed by atoms with Crippen LogP contribution in [0.3, 0.4) is 0 Å². The van der Waals surface area contributed by atoms with Crippen LogP contribution < -0.4 is 5.32 Å². The minimum Gasteiger partial charge on any atom is -0.370 e. The van der Waals surface area contributed by atoms with Crippen LogP contribution in [-0.2, 0) is 5.41 Å². The molecule has 108 valence electrons. The van der Waals surface area contributed by atoms with Crippen LogP contribution in [0.15, 0.2) is 6.07 Å². The molecule has 19 heavy (non-hydrogen) atoms. The minimum atomic E-state index is -0.0844. The lowest BCUT2D eigenvalue weighted by Gasteiger charge is -2.17. The van der Waals surface area contributed by atoms with Crippen molar-refractivity contribution in [3.63, 3.8) is 0 Å². The molecule has 0 radical (unpaired) electrons. The van der Waals surface area contributed by atoms with Gasteiger partial charge in [-0.2, -0.15) is 0 Å². The van der Waals surface area contributed by atoms with E-state index in [4.69, 9.17) is 11.6 Å². The van der Waals surface area contributed by atoms with Gasteiger partial charge in [-0.05, 0) is 12.3 Å². The maximum Gasteiger partial charge on any atom is 0.137 e. The molecule has 3 nitrogen and oxygen atoms in total. The number of halogens is 1. The Labute approximate surface area is 122 Å². The number of anilines is 1. The summed E-state index contributed by atoms with van der Waals surface area (Å²) >= 11 is 6.05. The van der Waals surface area contributed by atoms with E-state index in [2.05, 4.69) is 49.9 Å². The zero-order valence-electron chi connectivity index (χ0n) is 12.8. The Balaban J connectivity index is 2.52. The second-order valence-electron chi connectivity index (χ2n) is 6.47. The van der Waals surface area contributed by atoms with Crippen LogP contribution in [0.4, 0.5) is 5.82 Å². The SMILES string of the molecule is CC(C)CCCCNc1cc(Cl)nc(C(C)(C)C)n1. The van der Waals surface area contributed by atoms with Gasteiger partial charge in [0, 0.05) is 18.0 Å². The second kappa shape index (κ2) is 7.09. The molecule has 4 heteroatoms. The summed E-state index contributed by atoms with van der Waals surface area (Å²) in [6.07, 6.45) is 3.68. The van der Waals surface area contributed by atoms with Gasteiger partial charge in [0.15, 0.2) is 0 Å². The van der Waals surface area contributed by atoms with Crippen LogP contribution in [0.25, 0.3) is 0 Å². The third kappa shape index (κ3) is 6.24. The van der Waals surface area contributed by atoms with Crippen LogP contribution in [0, 0.1) is 5.92 Å². The van der Waals surface area contributed by atoms with Gasteiger partial charge in [-0.25, -0.2) is 9.97 Å². The largest absolute Gasteiger partial charge is 0.370 e. The molecular weight excluding hydrogens is 258 g/mol. The van der Waals surface area contributed by atoms with Crippen molar-refractivity contribution in [2.75, 3.05) is 11.9 Å². The first kappa shape index (κ1) is 16.2. The fraction of sp³-hybridized carbons (Fsp3) is 0.733. The minimum absolute atomic E-state index is 0.0844. The van der Waals surface area contributed by atoms with E-state index in [1.807, 2.05) is 0 Å². The predicted molar refractivity (Wildman–Crippen MR) is 82.9 cm³/mol. The summed E-state index contributed by atoms with van der Waals surface area (Å²) in [5, 5.41) is 3.84. The predicted octanol–water partition coefficient (Wildman–Crippen LogP) is 4.67. The smallest absolute Gasteiger partial charge is 0.137 e. The topological polar surface area (TPSA) is 37.8 Å². The number of aromatic nitrogens is 2. The number of rotatable bonds is 6. The molecule has 0 aliphatic rings. The van der Waals surface area contributed by atoms with E-state index in [0.29, 0.717) is 5.15 Å². The van der Waals surface area contributed by atoms with Gasteiger partial charge in [0.2, 0.25) is 0 Å². The van der Waals surface area contributed by atoms with Gasteiger partial charge >= 0.3 is 0 Å². The number of nitrogens with zero attached hydrogens (tertiary/aromatic N) is 2. The monoisotopic (exact) mass is 283 g/mol. The van der Waals surface area contributed by atoms with E-state index in [0.717, 1.165) is 30.5 Å². The van der Waals surface area contributed by atoms with Crippen molar-refractivity contribution in [1.82, 2.24) is 9.97 Å². The van der Waals surface area contributed by atoms with Crippen LogP contribution in [0.5, 0.6) is 0 Å². The quantitative estimate of drug-likeness (QED) is 0.609. The van der Waals surface area contributed by atoms with Gasteiger partial charge in [-0.1, -0.05) is 59.1 Å². The Morgan fingerprint density at radius 2 is 1.89 bits per heavy atom. The first-order valence-electron chi connectivity index (χ1n) is 7.08. The van der Waals surface area contributed by atoms with Crippen molar-refractivity contribution in [1.29, 1.82) is 0 Å². The zero-order valence-corrected chi connectivity index (χ0v) is 13.5. The Kier molecular flexibility index (Phi) is 6.05. The summed E-state index contributed by atoms with van der Waals surface area (Å²) in [4.78, 5) is 8.82. The molecule has 1 aromatic rings. The first-order chi connectivity index (χ1) is 8.79. The van der Waals surface area contributed by atoms with Crippen LogP contribution in [0.1, 0.15) is 59.7 Å². The van der Waals surface area contributed by atoms with Gasteiger partial charge in [0.05, 0.1) is 0 Å². The molecule has 0 fully saturated rings. The molecule has 0 unspecified atom stereocenters. The molecule has 0 amide bonds. The summed E-state index contributed by atoms with van der Waals surface area (Å²) in [5.41, 5.74) is -0.0844. The molecule has 0 aromatic carbocycles. The molecule has 0 bridgehead atoms. The Hall–Kier alpha value is -0.830. The number of hydrogen-bond acceptors (Lipinski definition) is 3. The lowest BCUT2D eigenvalue weighted by molar-refractivity contribution is 0.541. The molecule has 1 aromatic heterocycles. The molecule has 1 heterocycles. The van der Waals surface area contributed by atoms with Gasteiger partial charge in [0.25, 0.3) is 0 Å². The summed E-state index contributed by atoms with van der Waals surface area (Å²) < 4.78 is 0. The van der Waals surface area contributed by atoms with Gasteiger partial charge < -0.3 is 5.32 Å². The zero-order chi connectivity index (χ0) is 14.5. The molecule has 1 rings (SSSR count). The third-order valence-electron chi connectivity index (χ3n) is 2.88. The third-order valence-corrected chi connectivity index (χ3v) is 3.07. The summed E-state index contributed by atoms with van der Waals surface area (Å²) in [7, 11) is 0. The van der Waals surface area contributed by atoms with Crippen molar-refractivity contribution < 1.29 is 0 Å². The molecule has 0 aliphatic heterocycles. The van der Waals surface area contributed by atoms with Crippen molar-refractivity contribution in [2.24, 2.45) is 5.92 Å². The maximum atomic E-state index is 6.05. The van der Waals surface area contributed by atoms with E-state index in [1.54, 1.807) is 6.07 Å². The van der Waals surface area contributed by atoms with Crippen molar-refractivity contribution in [3.05, 3.63) is 17.0 Å². The highest BCUT2D eigenvalue weighted by atomic mass is 35.5. The average Bonchev–Trinajstić information content (AvgIpc) is 2.26. The molecule has 1 N–H and O–H groups in total. The van der Waals surface area contributed by atoms with E-state index >= 15 is 0 Å². The number of unbranched alkanes of at least 4 members (excludes halogenated alkanes) is 1. The Morgan fingerprint density at radius 3 is 2.47 bits per heavy atom. The molecule has 0 saturated carbocycles. The van der Waals surface area contributed by atoms with Crippen LogP contribution >= 0.6 is 11.6 Å².